The van der Waals surface area contributed by atoms with E-state index in [1.165, 1.54) is 6.07 Å². The maximum atomic E-state index is 11.2. The second kappa shape index (κ2) is 6.12. The molecule has 0 fully saturated rings. The number of nitro groups is 2. The van der Waals surface area contributed by atoms with Crippen molar-refractivity contribution in [3.63, 3.8) is 0 Å². The Labute approximate surface area is 142 Å². The summed E-state index contributed by atoms with van der Waals surface area (Å²) in [5.74, 6) is 0.259. The fourth-order valence-electron chi connectivity index (χ4n) is 2.01. The van der Waals surface area contributed by atoms with Gasteiger partial charge in [-0.2, -0.15) is 0 Å². The number of nitro benzene ring substituents is 2. The summed E-state index contributed by atoms with van der Waals surface area (Å²) in [6, 6.07) is 10.4. The number of nitrogens with zero attached hydrogens (tertiary/aromatic N) is 6. The first-order chi connectivity index (χ1) is 11.5. The molecule has 24 heavy (non-hydrogen) atoms. The van der Waals surface area contributed by atoms with Gasteiger partial charge in [-0.3, -0.25) is 20.2 Å². The highest BCUT2D eigenvalue weighted by Crippen LogP contribution is 2.28. The van der Waals surface area contributed by atoms with Gasteiger partial charge in [0.1, 0.15) is 0 Å². The van der Waals surface area contributed by atoms with E-state index >= 15 is 0 Å². The Hall–Kier alpha value is -3.21. The van der Waals surface area contributed by atoms with Gasteiger partial charge in [0.15, 0.2) is 5.69 Å². The molecular weight excluding hydrogens is 384 g/mol. The van der Waals surface area contributed by atoms with Crippen LogP contribution in [-0.4, -0.2) is 30.1 Å². The number of hydrogen-bond acceptors (Lipinski definition) is 7. The predicted molar refractivity (Wildman–Crippen MR) is 85.6 cm³/mol. The van der Waals surface area contributed by atoms with E-state index in [0.29, 0.717) is 5.56 Å². The van der Waals surface area contributed by atoms with E-state index < -0.39 is 21.2 Å². The summed E-state index contributed by atoms with van der Waals surface area (Å²) in [6.45, 7) is 0. The molecule has 0 saturated heterocycles. The van der Waals surface area contributed by atoms with Crippen LogP contribution in [0.1, 0.15) is 0 Å². The van der Waals surface area contributed by atoms with Gasteiger partial charge in [0, 0.05) is 16.1 Å². The molecule has 0 aliphatic carbocycles. The third-order valence-corrected chi connectivity index (χ3v) is 3.80. The minimum atomic E-state index is -0.732. The van der Waals surface area contributed by atoms with Crippen molar-refractivity contribution < 1.29 is 9.85 Å². The summed E-state index contributed by atoms with van der Waals surface area (Å²) < 4.78 is 0.739. The average molecular weight is 391 g/mol. The van der Waals surface area contributed by atoms with Gasteiger partial charge in [0.2, 0.25) is 5.82 Å². The third-order valence-electron chi connectivity index (χ3n) is 3.11. The average Bonchev–Trinajstić information content (AvgIpc) is 3.04. The SMILES string of the molecule is O=[N+]([O-])c1ccc(-n2nnc(-c3ccccc3Br)n2)c([N+](=O)[O-])c1. The molecule has 2 aromatic carbocycles. The number of non-ortho nitro benzene ring substituents is 1. The molecule has 0 unspecified atom stereocenters. The van der Waals surface area contributed by atoms with Crippen molar-refractivity contribution in [2.75, 3.05) is 0 Å². The molecule has 120 valence electrons. The van der Waals surface area contributed by atoms with Crippen LogP contribution in [0.3, 0.4) is 0 Å². The molecule has 0 N–H and O–H groups in total. The maximum absolute atomic E-state index is 11.2. The van der Waals surface area contributed by atoms with Gasteiger partial charge in [-0.05, 0) is 23.4 Å². The number of halogens is 1. The van der Waals surface area contributed by atoms with Crippen molar-refractivity contribution >= 4 is 27.3 Å². The number of benzene rings is 2. The predicted octanol–water partition coefficient (Wildman–Crippen LogP) is 2.91. The van der Waals surface area contributed by atoms with Gasteiger partial charge >= 0.3 is 5.69 Å². The van der Waals surface area contributed by atoms with Crippen LogP contribution in [0.5, 0.6) is 0 Å². The first-order valence-corrected chi connectivity index (χ1v) is 7.25. The summed E-state index contributed by atoms with van der Waals surface area (Å²) >= 11 is 3.36. The molecule has 0 amide bonds. The summed E-state index contributed by atoms with van der Waals surface area (Å²) in [5.41, 5.74) is -0.235. The quantitative estimate of drug-likeness (QED) is 0.494. The van der Waals surface area contributed by atoms with Gasteiger partial charge in [0.25, 0.3) is 5.69 Å². The molecule has 0 bridgehead atoms. The minimum absolute atomic E-state index is 0.0172. The Morgan fingerprint density at radius 1 is 1.04 bits per heavy atom. The largest absolute Gasteiger partial charge is 0.303 e. The van der Waals surface area contributed by atoms with Crippen LogP contribution in [0.2, 0.25) is 0 Å². The number of hydrogen-bond donors (Lipinski definition) is 0. The Bertz CT molecular complexity index is 957. The van der Waals surface area contributed by atoms with Crippen LogP contribution >= 0.6 is 15.9 Å². The minimum Gasteiger partial charge on any atom is -0.258 e. The van der Waals surface area contributed by atoms with Crippen molar-refractivity contribution in [1.82, 2.24) is 20.2 Å². The van der Waals surface area contributed by atoms with Crippen LogP contribution in [0, 0.1) is 20.2 Å². The number of rotatable bonds is 4. The monoisotopic (exact) mass is 390 g/mol. The summed E-state index contributed by atoms with van der Waals surface area (Å²) in [5, 5.41) is 33.8. The first kappa shape index (κ1) is 15.7. The summed E-state index contributed by atoms with van der Waals surface area (Å²) in [7, 11) is 0. The fraction of sp³-hybridized carbons (Fsp3) is 0. The standard InChI is InChI=1S/C13H7BrN6O4/c14-10-4-2-1-3-9(10)13-15-17-18(16-13)11-6-5-8(19(21)22)7-12(11)20(23)24/h1-7H. The molecule has 11 heteroatoms. The van der Waals surface area contributed by atoms with E-state index in [0.717, 1.165) is 21.4 Å². The zero-order valence-electron chi connectivity index (χ0n) is 11.7. The molecule has 3 aromatic rings. The van der Waals surface area contributed by atoms with E-state index in [1.807, 2.05) is 6.07 Å². The van der Waals surface area contributed by atoms with Crippen molar-refractivity contribution in [2.24, 2.45) is 0 Å². The van der Waals surface area contributed by atoms with Gasteiger partial charge in [-0.1, -0.05) is 28.1 Å². The second-order valence-electron chi connectivity index (χ2n) is 4.57. The van der Waals surface area contributed by atoms with Crippen LogP contribution in [0.15, 0.2) is 46.9 Å². The molecule has 3 rings (SSSR count). The van der Waals surface area contributed by atoms with Crippen molar-refractivity contribution in [2.45, 2.75) is 0 Å². The molecule has 1 aromatic heterocycles. The van der Waals surface area contributed by atoms with Gasteiger partial charge in [-0.25, -0.2) is 0 Å². The molecule has 0 spiro atoms. The summed E-state index contributed by atoms with van der Waals surface area (Å²) in [6.07, 6.45) is 0. The van der Waals surface area contributed by atoms with Crippen molar-refractivity contribution in [1.29, 1.82) is 0 Å². The van der Waals surface area contributed by atoms with Gasteiger partial charge < -0.3 is 0 Å². The molecule has 0 aliphatic rings. The van der Waals surface area contributed by atoms with E-state index in [2.05, 4.69) is 31.3 Å². The molecule has 0 radical (unpaired) electrons. The molecular formula is C13H7BrN6O4. The molecule has 0 atom stereocenters. The Balaban J connectivity index is 2.09. The van der Waals surface area contributed by atoms with E-state index in [1.54, 1.807) is 18.2 Å². The van der Waals surface area contributed by atoms with Crippen molar-refractivity contribution in [3.05, 3.63) is 67.2 Å². The number of tetrazole rings is 1. The van der Waals surface area contributed by atoms with Crippen LogP contribution in [-0.2, 0) is 0 Å². The molecule has 0 saturated carbocycles. The van der Waals surface area contributed by atoms with Gasteiger partial charge in [-0.15, -0.1) is 15.0 Å². The fourth-order valence-corrected chi connectivity index (χ4v) is 2.47. The lowest BCUT2D eigenvalue weighted by Crippen LogP contribution is -2.04. The van der Waals surface area contributed by atoms with Crippen LogP contribution < -0.4 is 0 Å². The van der Waals surface area contributed by atoms with Gasteiger partial charge in [0.05, 0.1) is 15.9 Å². The Morgan fingerprint density at radius 2 is 1.79 bits per heavy atom. The normalized spacial score (nSPS) is 10.5. The lowest BCUT2D eigenvalue weighted by Gasteiger charge is -2.01. The van der Waals surface area contributed by atoms with E-state index in [-0.39, 0.29) is 11.5 Å². The van der Waals surface area contributed by atoms with Crippen LogP contribution in [0.4, 0.5) is 11.4 Å². The number of aromatic nitrogens is 4. The molecule has 1 heterocycles. The second-order valence-corrected chi connectivity index (χ2v) is 5.42. The first-order valence-electron chi connectivity index (χ1n) is 6.45. The van der Waals surface area contributed by atoms with Crippen LogP contribution in [0.25, 0.3) is 17.1 Å². The topological polar surface area (TPSA) is 130 Å². The lowest BCUT2D eigenvalue weighted by molar-refractivity contribution is -0.394. The zero-order chi connectivity index (χ0) is 17.3. The highest BCUT2D eigenvalue weighted by atomic mass is 79.9. The summed E-state index contributed by atoms with van der Waals surface area (Å²) in [4.78, 5) is 21.5. The molecule has 0 aliphatic heterocycles. The molecule has 10 nitrogen and oxygen atoms in total. The maximum Gasteiger partial charge on any atom is 0.303 e. The smallest absolute Gasteiger partial charge is 0.258 e. The Morgan fingerprint density at radius 3 is 2.46 bits per heavy atom. The van der Waals surface area contributed by atoms with Crippen molar-refractivity contribution in [3.8, 4) is 17.1 Å². The lowest BCUT2D eigenvalue weighted by atomic mass is 10.2. The highest BCUT2D eigenvalue weighted by Gasteiger charge is 2.23. The van der Waals surface area contributed by atoms with E-state index in [4.69, 9.17) is 0 Å². The Kier molecular flexibility index (Phi) is 4.00. The third kappa shape index (κ3) is 2.84. The highest BCUT2D eigenvalue weighted by molar-refractivity contribution is 9.10. The van der Waals surface area contributed by atoms with E-state index in [9.17, 15) is 20.2 Å². The zero-order valence-corrected chi connectivity index (χ0v) is 13.3.